The van der Waals surface area contributed by atoms with Crippen molar-refractivity contribution in [2.45, 2.75) is 45.2 Å². The van der Waals surface area contributed by atoms with E-state index in [-0.39, 0.29) is 5.91 Å². The molecular formula is C18H22N4O. The van der Waals surface area contributed by atoms with Crippen LogP contribution in [0.3, 0.4) is 0 Å². The van der Waals surface area contributed by atoms with Gasteiger partial charge in [-0.15, -0.1) is 0 Å². The second kappa shape index (κ2) is 7.72. The van der Waals surface area contributed by atoms with E-state index in [9.17, 15) is 4.79 Å². The molecule has 1 aliphatic rings. The van der Waals surface area contributed by atoms with Gasteiger partial charge in [-0.1, -0.05) is 35.9 Å². The van der Waals surface area contributed by atoms with Crippen molar-refractivity contribution >= 4 is 5.91 Å². The third-order valence-electron chi connectivity index (χ3n) is 4.10. The Labute approximate surface area is 136 Å². The zero-order valence-corrected chi connectivity index (χ0v) is 13.2. The number of carbonyl (C=O) groups excluding carboxylic acids is 1. The maximum atomic E-state index is 12.0. The molecule has 1 aromatic carbocycles. The van der Waals surface area contributed by atoms with Gasteiger partial charge in [0, 0.05) is 13.0 Å². The van der Waals surface area contributed by atoms with Gasteiger partial charge in [-0.3, -0.25) is 4.79 Å². The monoisotopic (exact) mass is 310 g/mol. The lowest BCUT2D eigenvalue weighted by atomic mass is 9.97. The number of allylic oxidation sites excluding steroid dienone is 1. The number of hydrogen-bond donors (Lipinski definition) is 1. The molecule has 1 aromatic heterocycles. The molecule has 0 aliphatic heterocycles. The summed E-state index contributed by atoms with van der Waals surface area (Å²) >= 11 is 0. The van der Waals surface area contributed by atoms with Gasteiger partial charge in [-0.2, -0.15) is 5.10 Å². The SMILES string of the molecule is O=C(CC1=CCCCC1)NCc1ccc(Cn2cncn2)cc1. The number of amides is 1. The molecule has 0 radical (unpaired) electrons. The van der Waals surface area contributed by atoms with Crippen LogP contribution in [-0.2, 0) is 17.9 Å². The van der Waals surface area contributed by atoms with E-state index in [4.69, 9.17) is 0 Å². The Bertz CT molecular complexity index is 659. The van der Waals surface area contributed by atoms with E-state index in [0.717, 1.165) is 24.0 Å². The van der Waals surface area contributed by atoms with Gasteiger partial charge in [0.15, 0.2) is 0 Å². The van der Waals surface area contributed by atoms with Crippen molar-refractivity contribution in [1.29, 1.82) is 0 Å². The maximum Gasteiger partial charge on any atom is 0.224 e. The zero-order chi connectivity index (χ0) is 15.9. The van der Waals surface area contributed by atoms with Crippen LogP contribution in [0.5, 0.6) is 0 Å². The van der Waals surface area contributed by atoms with Crippen molar-refractivity contribution in [3.05, 3.63) is 59.7 Å². The van der Waals surface area contributed by atoms with Crippen molar-refractivity contribution in [2.24, 2.45) is 0 Å². The predicted octanol–water partition coefficient (Wildman–Crippen LogP) is 2.83. The second-order valence-electron chi connectivity index (χ2n) is 5.97. The van der Waals surface area contributed by atoms with Gasteiger partial charge < -0.3 is 5.32 Å². The van der Waals surface area contributed by atoms with Crippen molar-refractivity contribution in [2.75, 3.05) is 0 Å². The van der Waals surface area contributed by atoms with Crippen LogP contribution in [0.1, 0.15) is 43.2 Å². The Kier molecular flexibility index (Phi) is 5.19. The third-order valence-corrected chi connectivity index (χ3v) is 4.10. The van der Waals surface area contributed by atoms with Crippen molar-refractivity contribution in [3.63, 3.8) is 0 Å². The summed E-state index contributed by atoms with van der Waals surface area (Å²) in [6, 6.07) is 8.22. The quantitative estimate of drug-likeness (QED) is 0.835. The fourth-order valence-electron chi connectivity index (χ4n) is 2.80. The van der Waals surface area contributed by atoms with Crippen LogP contribution in [0, 0.1) is 0 Å². The smallest absolute Gasteiger partial charge is 0.224 e. The molecule has 5 heteroatoms. The van der Waals surface area contributed by atoms with Gasteiger partial charge in [0.05, 0.1) is 6.54 Å². The van der Waals surface area contributed by atoms with Crippen molar-refractivity contribution < 1.29 is 4.79 Å². The summed E-state index contributed by atoms with van der Waals surface area (Å²) < 4.78 is 1.79. The van der Waals surface area contributed by atoms with Crippen LogP contribution in [0.4, 0.5) is 0 Å². The Hall–Kier alpha value is -2.43. The summed E-state index contributed by atoms with van der Waals surface area (Å²) in [6.07, 6.45) is 10.7. The highest BCUT2D eigenvalue weighted by atomic mass is 16.1. The molecular weight excluding hydrogens is 288 g/mol. The lowest BCUT2D eigenvalue weighted by molar-refractivity contribution is -0.120. The van der Waals surface area contributed by atoms with E-state index >= 15 is 0 Å². The van der Waals surface area contributed by atoms with Gasteiger partial charge in [-0.25, -0.2) is 9.67 Å². The summed E-state index contributed by atoms with van der Waals surface area (Å²) in [6.45, 7) is 1.29. The molecule has 0 saturated carbocycles. The molecule has 1 heterocycles. The van der Waals surface area contributed by atoms with Crippen LogP contribution < -0.4 is 5.32 Å². The maximum absolute atomic E-state index is 12.0. The van der Waals surface area contributed by atoms with E-state index in [2.05, 4.69) is 33.6 Å². The van der Waals surface area contributed by atoms with Crippen LogP contribution in [0.15, 0.2) is 48.6 Å². The van der Waals surface area contributed by atoms with Gasteiger partial charge >= 0.3 is 0 Å². The first-order valence-corrected chi connectivity index (χ1v) is 8.14. The van der Waals surface area contributed by atoms with Crippen molar-refractivity contribution in [1.82, 2.24) is 20.1 Å². The minimum Gasteiger partial charge on any atom is -0.352 e. The summed E-state index contributed by atoms with van der Waals surface area (Å²) in [7, 11) is 0. The Morgan fingerprint density at radius 2 is 2.00 bits per heavy atom. The van der Waals surface area contributed by atoms with E-state index in [1.165, 1.54) is 24.7 Å². The van der Waals surface area contributed by atoms with Crippen LogP contribution in [0.2, 0.25) is 0 Å². The molecule has 5 nitrogen and oxygen atoms in total. The molecule has 0 spiro atoms. The second-order valence-corrected chi connectivity index (χ2v) is 5.97. The van der Waals surface area contributed by atoms with Crippen LogP contribution >= 0.6 is 0 Å². The lowest BCUT2D eigenvalue weighted by Gasteiger charge is -2.12. The highest BCUT2D eigenvalue weighted by Gasteiger charge is 2.08. The first kappa shape index (κ1) is 15.5. The number of hydrogen-bond acceptors (Lipinski definition) is 3. The van der Waals surface area contributed by atoms with E-state index < -0.39 is 0 Å². The summed E-state index contributed by atoms with van der Waals surface area (Å²) in [4.78, 5) is 15.9. The molecule has 2 aromatic rings. The van der Waals surface area contributed by atoms with Gasteiger partial charge in [0.1, 0.15) is 12.7 Å². The zero-order valence-electron chi connectivity index (χ0n) is 13.2. The molecule has 0 saturated heterocycles. The minimum atomic E-state index is 0.116. The van der Waals surface area contributed by atoms with Gasteiger partial charge in [0.25, 0.3) is 0 Å². The molecule has 0 fully saturated rings. The number of carbonyl (C=O) groups is 1. The Balaban J connectivity index is 1.46. The highest BCUT2D eigenvalue weighted by molar-refractivity contribution is 5.78. The lowest BCUT2D eigenvalue weighted by Crippen LogP contribution is -2.23. The first-order chi connectivity index (χ1) is 11.3. The van der Waals surface area contributed by atoms with Crippen molar-refractivity contribution in [3.8, 4) is 0 Å². The molecule has 0 bridgehead atoms. The van der Waals surface area contributed by atoms with E-state index in [1.54, 1.807) is 11.0 Å². The molecule has 3 rings (SSSR count). The van der Waals surface area contributed by atoms with Crippen LogP contribution in [-0.4, -0.2) is 20.7 Å². The Morgan fingerprint density at radius 3 is 2.70 bits per heavy atom. The molecule has 0 atom stereocenters. The summed E-state index contributed by atoms with van der Waals surface area (Å²) in [5, 5.41) is 7.10. The average molecular weight is 310 g/mol. The average Bonchev–Trinajstić information content (AvgIpc) is 3.08. The summed E-state index contributed by atoms with van der Waals surface area (Å²) in [5.74, 6) is 0.116. The van der Waals surface area contributed by atoms with E-state index in [1.807, 2.05) is 12.1 Å². The molecule has 120 valence electrons. The predicted molar refractivity (Wildman–Crippen MR) is 88.6 cm³/mol. The molecule has 1 aliphatic carbocycles. The van der Waals surface area contributed by atoms with E-state index in [0.29, 0.717) is 19.5 Å². The normalized spacial score (nSPS) is 14.3. The van der Waals surface area contributed by atoms with Gasteiger partial charge in [0.2, 0.25) is 5.91 Å². The Morgan fingerprint density at radius 1 is 1.17 bits per heavy atom. The first-order valence-electron chi connectivity index (χ1n) is 8.14. The summed E-state index contributed by atoms with van der Waals surface area (Å²) in [5.41, 5.74) is 3.56. The van der Waals surface area contributed by atoms with Gasteiger partial charge in [-0.05, 0) is 36.8 Å². The highest BCUT2D eigenvalue weighted by Crippen LogP contribution is 2.19. The number of nitrogens with one attached hydrogen (secondary N) is 1. The minimum absolute atomic E-state index is 0.116. The molecule has 1 amide bonds. The third kappa shape index (κ3) is 4.77. The number of nitrogens with zero attached hydrogens (tertiary/aromatic N) is 3. The topological polar surface area (TPSA) is 59.8 Å². The molecule has 0 unspecified atom stereocenters. The molecule has 1 N–H and O–H groups in total. The largest absolute Gasteiger partial charge is 0.352 e. The van der Waals surface area contributed by atoms with Crippen LogP contribution in [0.25, 0.3) is 0 Å². The number of aromatic nitrogens is 3. The fraction of sp³-hybridized carbons (Fsp3) is 0.389. The standard InChI is InChI=1S/C18H22N4O/c23-18(10-15-4-2-1-3-5-15)20-11-16-6-8-17(9-7-16)12-22-14-19-13-21-22/h4,6-9,13-14H,1-3,5,10-12H2,(H,20,23). The fourth-order valence-corrected chi connectivity index (χ4v) is 2.80. The molecule has 23 heavy (non-hydrogen) atoms. The number of rotatable bonds is 6. The number of benzene rings is 1.